The summed E-state index contributed by atoms with van der Waals surface area (Å²) >= 11 is 0. The van der Waals surface area contributed by atoms with Crippen LogP contribution in [0.2, 0.25) is 0 Å². The van der Waals surface area contributed by atoms with E-state index < -0.39 is 17.6 Å². The highest BCUT2D eigenvalue weighted by atomic mass is 19.4. The van der Waals surface area contributed by atoms with E-state index in [9.17, 15) is 18.0 Å². The van der Waals surface area contributed by atoms with E-state index in [0.29, 0.717) is 0 Å². The van der Waals surface area contributed by atoms with Crippen molar-refractivity contribution >= 4 is 5.91 Å². The van der Waals surface area contributed by atoms with Gasteiger partial charge in [-0.3, -0.25) is 4.79 Å². The van der Waals surface area contributed by atoms with Gasteiger partial charge in [-0.05, 0) is 11.6 Å². The normalized spacial score (nSPS) is 10.7. The first-order chi connectivity index (χ1) is 7.93. The third kappa shape index (κ3) is 4.15. The van der Waals surface area contributed by atoms with Crippen LogP contribution in [0.3, 0.4) is 0 Å². The van der Waals surface area contributed by atoms with Crippen LogP contribution < -0.4 is 5.32 Å². The minimum absolute atomic E-state index is 0.155. The summed E-state index contributed by atoms with van der Waals surface area (Å²) in [6.45, 7) is -0.155. The molecule has 0 saturated heterocycles. The Labute approximate surface area is 95.9 Å². The lowest BCUT2D eigenvalue weighted by Crippen LogP contribution is -2.25. The Kier molecular flexibility index (Phi) is 4.10. The van der Waals surface area contributed by atoms with E-state index in [1.807, 2.05) is 0 Å². The lowest BCUT2D eigenvalue weighted by molar-refractivity contribution is -0.137. The summed E-state index contributed by atoms with van der Waals surface area (Å²) in [5.41, 5.74) is -0.529. The predicted octanol–water partition coefficient (Wildman–Crippen LogP) is 1.89. The Bertz CT molecular complexity index is 449. The Hall–Kier alpha value is -2.03. The molecule has 1 aromatic rings. The van der Waals surface area contributed by atoms with Crippen molar-refractivity contribution in [1.82, 2.24) is 5.32 Å². The second-order valence-electron chi connectivity index (χ2n) is 3.31. The number of carbonyl (C=O) groups is 1. The van der Waals surface area contributed by atoms with Gasteiger partial charge in [-0.25, -0.2) is 0 Å². The molecule has 0 unspecified atom stereocenters. The van der Waals surface area contributed by atoms with Gasteiger partial charge in [0.05, 0.1) is 18.1 Å². The van der Waals surface area contributed by atoms with Crippen LogP contribution in [-0.4, -0.2) is 12.5 Å². The second-order valence-corrected chi connectivity index (χ2v) is 3.31. The molecule has 0 radical (unpaired) electrons. The van der Waals surface area contributed by atoms with E-state index in [2.05, 4.69) is 5.32 Å². The maximum Gasteiger partial charge on any atom is 0.416 e. The smallest absolute Gasteiger partial charge is 0.343 e. The van der Waals surface area contributed by atoms with Crippen molar-refractivity contribution in [3.63, 3.8) is 0 Å². The molecule has 0 atom stereocenters. The van der Waals surface area contributed by atoms with Crippen LogP contribution in [-0.2, 0) is 17.4 Å². The SMILES string of the molecule is N#CCNC(=O)Cc1cccc(C(F)(F)F)c1. The number of rotatable bonds is 3. The van der Waals surface area contributed by atoms with E-state index in [1.165, 1.54) is 12.1 Å². The molecule has 0 fully saturated rings. The molecule has 0 heterocycles. The molecular weight excluding hydrogens is 233 g/mol. The fourth-order valence-corrected chi connectivity index (χ4v) is 1.24. The average molecular weight is 242 g/mol. The quantitative estimate of drug-likeness (QED) is 0.823. The third-order valence-corrected chi connectivity index (χ3v) is 1.98. The first kappa shape index (κ1) is 13.0. The van der Waals surface area contributed by atoms with Gasteiger partial charge < -0.3 is 5.32 Å². The maximum atomic E-state index is 12.4. The Morgan fingerprint density at radius 2 is 2.12 bits per heavy atom. The molecule has 1 rings (SSSR count). The first-order valence-electron chi connectivity index (χ1n) is 4.73. The number of hydrogen-bond donors (Lipinski definition) is 1. The monoisotopic (exact) mass is 242 g/mol. The number of alkyl halides is 3. The van der Waals surface area contributed by atoms with Crippen molar-refractivity contribution in [3.05, 3.63) is 35.4 Å². The highest BCUT2D eigenvalue weighted by molar-refractivity contribution is 5.78. The summed E-state index contributed by atoms with van der Waals surface area (Å²) in [5.74, 6) is -0.481. The molecule has 1 amide bonds. The third-order valence-electron chi connectivity index (χ3n) is 1.98. The van der Waals surface area contributed by atoms with Crippen LogP contribution >= 0.6 is 0 Å². The summed E-state index contributed by atoms with van der Waals surface area (Å²) in [7, 11) is 0. The van der Waals surface area contributed by atoms with Crippen LogP contribution in [0.15, 0.2) is 24.3 Å². The molecule has 0 spiro atoms. The number of nitriles is 1. The van der Waals surface area contributed by atoms with E-state index >= 15 is 0 Å². The van der Waals surface area contributed by atoms with E-state index in [4.69, 9.17) is 5.26 Å². The minimum Gasteiger partial charge on any atom is -0.343 e. The van der Waals surface area contributed by atoms with Gasteiger partial charge in [0.2, 0.25) is 5.91 Å². The second kappa shape index (κ2) is 5.34. The molecule has 0 bridgehead atoms. The summed E-state index contributed by atoms with van der Waals surface area (Å²) in [4.78, 5) is 11.2. The highest BCUT2D eigenvalue weighted by Gasteiger charge is 2.30. The summed E-state index contributed by atoms with van der Waals surface area (Å²) in [6.07, 6.45) is -4.59. The fraction of sp³-hybridized carbons (Fsp3) is 0.273. The standard InChI is InChI=1S/C11H9F3N2O/c12-11(13,14)9-3-1-2-8(6-9)7-10(17)16-5-4-15/h1-3,6H,5,7H2,(H,16,17). The number of nitrogens with zero attached hydrogens (tertiary/aromatic N) is 1. The molecule has 3 nitrogen and oxygen atoms in total. The molecule has 6 heteroatoms. The van der Waals surface area contributed by atoms with Crippen molar-refractivity contribution in [2.24, 2.45) is 0 Å². The zero-order valence-corrected chi connectivity index (χ0v) is 8.71. The molecular formula is C11H9F3N2O. The minimum atomic E-state index is -4.42. The topological polar surface area (TPSA) is 52.9 Å². The van der Waals surface area contributed by atoms with E-state index in [-0.39, 0.29) is 18.5 Å². The van der Waals surface area contributed by atoms with Crippen LogP contribution in [0.25, 0.3) is 0 Å². The van der Waals surface area contributed by atoms with Crippen LogP contribution in [0.4, 0.5) is 13.2 Å². The summed E-state index contributed by atoms with van der Waals surface area (Å²) in [5, 5.41) is 10.5. The maximum absolute atomic E-state index is 12.4. The molecule has 1 N–H and O–H groups in total. The van der Waals surface area contributed by atoms with Crippen molar-refractivity contribution in [2.45, 2.75) is 12.6 Å². The van der Waals surface area contributed by atoms with Gasteiger partial charge in [-0.15, -0.1) is 0 Å². The zero-order valence-electron chi connectivity index (χ0n) is 8.71. The fourth-order valence-electron chi connectivity index (χ4n) is 1.24. The number of nitrogens with one attached hydrogen (secondary N) is 1. The molecule has 1 aromatic carbocycles. The number of halogens is 3. The van der Waals surface area contributed by atoms with Crippen LogP contribution in [0.1, 0.15) is 11.1 Å². The average Bonchev–Trinajstić information content (AvgIpc) is 2.25. The highest BCUT2D eigenvalue weighted by Crippen LogP contribution is 2.29. The molecule has 0 aliphatic carbocycles. The Morgan fingerprint density at radius 3 is 2.71 bits per heavy atom. The van der Waals surface area contributed by atoms with Gasteiger partial charge in [-0.2, -0.15) is 18.4 Å². The van der Waals surface area contributed by atoms with Gasteiger partial charge in [0.15, 0.2) is 0 Å². The van der Waals surface area contributed by atoms with Gasteiger partial charge >= 0.3 is 6.18 Å². The first-order valence-corrected chi connectivity index (χ1v) is 4.73. The van der Waals surface area contributed by atoms with Crippen molar-refractivity contribution < 1.29 is 18.0 Å². The van der Waals surface area contributed by atoms with Gasteiger partial charge in [0.25, 0.3) is 0 Å². The summed E-state index contributed by atoms with van der Waals surface area (Å²) < 4.78 is 37.1. The largest absolute Gasteiger partial charge is 0.416 e. The molecule has 0 saturated carbocycles. The molecule has 90 valence electrons. The van der Waals surface area contributed by atoms with Gasteiger partial charge in [0, 0.05) is 0 Å². The summed E-state index contributed by atoms with van der Waals surface area (Å²) in [6, 6.07) is 6.25. The van der Waals surface area contributed by atoms with Crippen LogP contribution in [0, 0.1) is 11.3 Å². The number of hydrogen-bond acceptors (Lipinski definition) is 2. The number of amides is 1. The van der Waals surface area contributed by atoms with Crippen molar-refractivity contribution in [2.75, 3.05) is 6.54 Å². The van der Waals surface area contributed by atoms with Crippen molar-refractivity contribution in [3.8, 4) is 6.07 Å². The van der Waals surface area contributed by atoms with Gasteiger partial charge in [-0.1, -0.05) is 18.2 Å². The number of benzene rings is 1. The number of carbonyl (C=O) groups excluding carboxylic acids is 1. The van der Waals surface area contributed by atoms with E-state index in [0.717, 1.165) is 12.1 Å². The van der Waals surface area contributed by atoms with Crippen LogP contribution in [0.5, 0.6) is 0 Å². The van der Waals surface area contributed by atoms with E-state index in [1.54, 1.807) is 6.07 Å². The predicted molar refractivity (Wildman–Crippen MR) is 53.8 cm³/mol. The van der Waals surface area contributed by atoms with Gasteiger partial charge in [0.1, 0.15) is 6.54 Å². The zero-order chi connectivity index (χ0) is 12.9. The lowest BCUT2D eigenvalue weighted by Gasteiger charge is -2.08. The Morgan fingerprint density at radius 1 is 1.41 bits per heavy atom. The molecule has 0 aliphatic rings. The molecule has 0 aliphatic heterocycles. The molecule has 0 aromatic heterocycles. The Balaban J connectivity index is 2.73. The molecule has 17 heavy (non-hydrogen) atoms. The van der Waals surface area contributed by atoms with Crippen molar-refractivity contribution in [1.29, 1.82) is 5.26 Å². The lowest BCUT2D eigenvalue weighted by atomic mass is 10.1.